The van der Waals surface area contributed by atoms with E-state index in [1.54, 1.807) is 0 Å². The van der Waals surface area contributed by atoms with E-state index in [4.69, 9.17) is 9.16 Å². The molecule has 0 saturated heterocycles. The largest absolute Gasteiger partial charge is 0.508 e. The minimum Gasteiger partial charge on any atom is -0.508 e. The lowest BCUT2D eigenvalue weighted by Crippen LogP contribution is -2.50. The van der Waals surface area contributed by atoms with E-state index in [2.05, 4.69) is 96.3 Å². The predicted molar refractivity (Wildman–Crippen MR) is 169 cm³/mol. The van der Waals surface area contributed by atoms with Crippen LogP contribution in [-0.2, 0) is 9.84 Å². The number of hydrogen-bond donors (Lipinski definition) is 1. The SMILES string of the molecule is CCCCCCC(C)(C)c1cc(O)c2c(c1)O[C@@](C)(CCI)[C@@H]1CC[C@@H](CO[Si](C)(C)C(C)(C)C)C[C@@H]21. The molecule has 3 nitrogen and oxygen atoms in total. The van der Waals surface area contributed by atoms with Crippen molar-refractivity contribution in [3.8, 4) is 11.5 Å². The van der Waals surface area contributed by atoms with Gasteiger partial charge in [-0.1, -0.05) is 89.8 Å². The van der Waals surface area contributed by atoms with Crippen molar-refractivity contribution in [1.82, 2.24) is 0 Å². The maximum atomic E-state index is 11.5. The summed E-state index contributed by atoms with van der Waals surface area (Å²) < 4.78 is 14.7. The molecule has 4 atom stereocenters. The summed E-state index contributed by atoms with van der Waals surface area (Å²) in [5.74, 6) is 2.71. The fourth-order valence-electron chi connectivity index (χ4n) is 6.35. The Bertz CT molecular complexity index is 906. The van der Waals surface area contributed by atoms with Gasteiger partial charge in [-0.05, 0) is 92.1 Å². The van der Waals surface area contributed by atoms with Crippen LogP contribution in [0, 0.1) is 11.8 Å². The standard InChI is InChI=1S/C32H55IO3Si/c1-10-11-12-13-16-31(5,6)24-20-27(34)29-25-19-23(22-35-37(8,9)30(2,3)4)14-15-26(25)32(7,17-18-33)36-28(29)21-24/h20-21,23,25-26,34H,10-19,22H2,1-9H3/t23-,25-,26-,32+/m1/s1. The molecule has 1 aromatic carbocycles. The Morgan fingerprint density at radius 2 is 1.81 bits per heavy atom. The van der Waals surface area contributed by atoms with Gasteiger partial charge in [0, 0.05) is 22.5 Å². The molecule has 3 rings (SSSR count). The van der Waals surface area contributed by atoms with Crippen LogP contribution < -0.4 is 4.74 Å². The van der Waals surface area contributed by atoms with Crippen LogP contribution in [0.4, 0.5) is 0 Å². The van der Waals surface area contributed by atoms with E-state index in [0.717, 1.165) is 48.0 Å². The van der Waals surface area contributed by atoms with Crippen molar-refractivity contribution in [1.29, 1.82) is 0 Å². The lowest BCUT2D eigenvalue weighted by molar-refractivity contribution is -0.0355. The molecular formula is C32H55IO3Si. The summed E-state index contributed by atoms with van der Waals surface area (Å²) in [6, 6.07) is 4.35. The van der Waals surface area contributed by atoms with Gasteiger partial charge in [-0.2, -0.15) is 0 Å². The van der Waals surface area contributed by atoms with E-state index in [1.165, 1.54) is 37.7 Å². The monoisotopic (exact) mass is 642 g/mol. The average molecular weight is 643 g/mol. The number of rotatable bonds is 11. The molecule has 2 aliphatic rings. The van der Waals surface area contributed by atoms with Gasteiger partial charge >= 0.3 is 0 Å². The molecule has 0 aromatic heterocycles. The summed E-state index contributed by atoms with van der Waals surface area (Å²) in [6.07, 6.45) is 10.7. The fourth-order valence-corrected chi connectivity index (χ4v) is 8.51. The van der Waals surface area contributed by atoms with Crippen LogP contribution in [0.1, 0.15) is 123 Å². The number of benzene rings is 1. The lowest BCUT2D eigenvalue weighted by Gasteiger charge is -2.51. The number of phenolic OH excluding ortho intramolecular Hbond substituents is 1. The molecule has 1 N–H and O–H groups in total. The van der Waals surface area contributed by atoms with Crippen molar-refractivity contribution in [2.45, 2.75) is 141 Å². The third-order valence-corrected chi connectivity index (χ3v) is 15.1. The summed E-state index contributed by atoms with van der Waals surface area (Å²) in [7, 11) is -1.78. The normalized spacial score (nSPS) is 26.4. The molecule has 37 heavy (non-hydrogen) atoms. The number of fused-ring (bicyclic) bond motifs is 3. The molecule has 0 bridgehead atoms. The van der Waals surface area contributed by atoms with Crippen LogP contribution in [-0.4, -0.2) is 30.1 Å². The zero-order valence-corrected chi connectivity index (χ0v) is 28.5. The Hall–Kier alpha value is -0.273. The van der Waals surface area contributed by atoms with E-state index in [0.29, 0.717) is 23.5 Å². The molecule has 0 unspecified atom stereocenters. The van der Waals surface area contributed by atoms with E-state index in [9.17, 15) is 5.11 Å². The fraction of sp³-hybridized carbons (Fsp3) is 0.812. The Labute approximate surface area is 243 Å². The Balaban J connectivity index is 1.89. The van der Waals surface area contributed by atoms with Crippen LogP contribution in [0.2, 0.25) is 18.1 Å². The van der Waals surface area contributed by atoms with Gasteiger partial charge in [0.05, 0.1) is 0 Å². The van der Waals surface area contributed by atoms with Crippen LogP contribution in [0.5, 0.6) is 11.5 Å². The number of phenols is 1. The average Bonchev–Trinajstić information content (AvgIpc) is 2.79. The minimum absolute atomic E-state index is 0.0201. The van der Waals surface area contributed by atoms with Crippen molar-refractivity contribution < 1.29 is 14.3 Å². The number of hydrogen-bond acceptors (Lipinski definition) is 3. The van der Waals surface area contributed by atoms with Crippen LogP contribution in [0.3, 0.4) is 0 Å². The number of halogens is 1. The highest BCUT2D eigenvalue weighted by atomic mass is 127. The first-order chi connectivity index (χ1) is 17.1. The maximum absolute atomic E-state index is 11.5. The molecule has 0 radical (unpaired) electrons. The zero-order chi connectivity index (χ0) is 27.6. The van der Waals surface area contributed by atoms with E-state index < -0.39 is 8.32 Å². The zero-order valence-electron chi connectivity index (χ0n) is 25.3. The summed E-state index contributed by atoms with van der Waals surface area (Å²) in [4.78, 5) is 0. The molecule has 1 saturated carbocycles. The second-order valence-electron chi connectivity index (χ2n) is 14.4. The van der Waals surface area contributed by atoms with E-state index >= 15 is 0 Å². The highest BCUT2D eigenvalue weighted by molar-refractivity contribution is 14.1. The van der Waals surface area contributed by atoms with Crippen molar-refractivity contribution in [2.75, 3.05) is 11.0 Å². The van der Waals surface area contributed by atoms with Crippen molar-refractivity contribution >= 4 is 30.9 Å². The van der Waals surface area contributed by atoms with Gasteiger partial charge in [0.25, 0.3) is 0 Å². The first kappa shape index (κ1) is 31.3. The second kappa shape index (κ2) is 12.1. The smallest absolute Gasteiger partial charge is 0.191 e. The van der Waals surface area contributed by atoms with Crippen LogP contribution in [0.15, 0.2) is 12.1 Å². The Kier molecular flexibility index (Phi) is 10.2. The molecule has 1 aliphatic heterocycles. The molecule has 1 fully saturated rings. The molecule has 0 amide bonds. The van der Waals surface area contributed by atoms with Gasteiger partial charge in [-0.3, -0.25) is 0 Å². The van der Waals surface area contributed by atoms with Crippen LogP contribution in [0.25, 0.3) is 0 Å². The quantitative estimate of drug-likeness (QED) is 0.113. The highest BCUT2D eigenvalue weighted by Gasteiger charge is 2.50. The Morgan fingerprint density at radius 3 is 2.43 bits per heavy atom. The van der Waals surface area contributed by atoms with Crippen LogP contribution >= 0.6 is 22.6 Å². The highest BCUT2D eigenvalue weighted by Crippen LogP contribution is 2.57. The summed E-state index contributed by atoms with van der Waals surface area (Å²) in [6.45, 7) is 21.8. The molecule has 5 heteroatoms. The van der Waals surface area contributed by atoms with E-state index in [-0.39, 0.29) is 16.1 Å². The van der Waals surface area contributed by atoms with Crippen molar-refractivity contribution in [3.05, 3.63) is 23.3 Å². The lowest BCUT2D eigenvalue weighted by atomic mass is 9.62. The first-order valence-corrected chi connectivity index (χ1v) is 19.3. The van der Waals surface area contributed by atoms with Gasteiger partial charge in [0.15, 0.2) is 8.32 Å². The summed E-state index contributed by atoms with van der Waals surface area (Å²) in [5, 5.41) is 11.7. The topological polar surface area (TPSA) is 38.7 Å². The van der Waals surface area contributed by atoms with Gasteiger partial charge in [0.2, 0.25) is 0 Å². The molecule has 0 spiro atoms. The van der Waals surface area contributed by atoms with Gasteiger partial charge in [-0.15, -0.1) is 0 Å². The number of aromatic hydroxyl groups is 1. The summed E-state index contributed by atoms with van der Waals surface area (Å²) in [5.41, 5.74) is 2.12. The van der Waals surface area contributed by atoms with Crippen molar-refractivity contribution in [3.63, 3.8) is 0 Å². The molecule has 1 aromatic rings. The second-order valence-corrected chi connectivity index (χ2v) is 20.3. The molecule has 212 valence electrons. The number of ether oxygens (including phenoxy) is 1. The number of alkyl halides is 1. The maximum Gasteiger partial charge on any atom is 0.191 e. The van der Waals surface area contributed by atoms with E-state index in [1.807, 2.05) is 0 Å². The van der Waals surface area contributed by atoms with Gasteiger partial charge in [0.1, 0.15) is 17.1 Å². The summed E-state index contributed by atoms with van der Waals surface area (Å²) >= 11 is 2.50. The van der Waals surface area contributed by atoms with Gasteiger partial charge in [-0.25, -0.2) is 0 Å². The molecule has 1 heterocycles. The Morgan fingerprint density at radius 1 is 1.11 bits per heavy atom. The first-order valence-electron chi connectivity index (χ1n) is 14.9. The number of unbranched alkanes of at least 4 members (excludes halogenated alkanes) is 3. The minimum atomic E-state index is -1.78. The molecule has 1 aliphatic carbocycles. The predicted octanol–water partition coefficient (Wildman–Crippen LogP) is 10.1. The third-order valence-electron chi connectivity index (χ3n) is 10.1. The third kappa shape index (κ3) is 7.09. The van der Waals surface area contributed by atoms with Crippen molar-refractivity contribution in [2.24, 2.45) is 11.8 Å². The van der Waals surface area contributed by atoms with Gasteiger partial charge < -0.3 is 14.3 Å². The molecular weight excluding hydrogens is 587 g/mol.